The van der Waals surface area contributed by atoms with Crippen molar-refractivity contribution in [2.24, 2.45) is 11.0 Å². The van der Waals surface area contributed by atoms with Crippen LogP contribution >= 0.6 is 0 Å². The predicted molar refractivity (Wildman–Crippen MR) is 114 cm³/mol. The number of rotatable bonds is 5. The lowest BCUT2D eigenvalue weighted by Gasteiger charge is -2.45. The molecule has 0 aromatic heterocycles. The number of carbonyl (C=O) groups excluding carboxylic acids is 1. The summed E-state index contributed by atoms with van der Waals surface area (Å²) < 4.78 is 0. The molecule has 1 aliphatic carbocycles. The average Bonchev–Trinajstić information content (AvgIpc) is 3.59. The molecule has 2 fully saturated rings. The van der Waals surface area contributed by atoms with Gasteiger partial charge >= 0.3 is 0 Å². The summed E-state index contributed by atoms with van der Waals surface area (Å²) in [6.07, 6.45) is 2.30. The number of piperazine rings is 1. The summed E-state index contributed by atoms with van der Waals surface area (Å²) in [5.74, 6) is -0.114. The maximum absolute atomic E-state index is 13.2. The third-order valence-electron chi connectivity index (χ3n) is 6.17. The van der Waals surface area contributed by atoms with Crippen LogP contribution in [0.1, 0.15) is 29.9 Å². The van der Waals surface area contributed by atoms with Crippen molar-refractivity contribution in [3.05, 3.63) is 83.2 Å². The van der Waals surface area contributed by atoms with E-state index in [4.69, 9.17) is 0 Å². The minimum atomic E-state index is -1.26. The normalized spacial score (nSPS) is 23.9. The molecule has 6 heteroatoms. The van der Waals surface area contributed by atoms with Crippen LogP contribution in [0, 0.1) is 5.92 Å². The highest BCUT2D eigenvalue weighted by atomic mass is 16.3. The van der Waals surface area contributed by atoms with Crippen LogP contribution < -0.4 is 0 Å². The highest BCUT2D eigenvalue weighted by molar-refractivity contribution is 5.96. The van der Waals surface area contributed by atoms with Gasteiger partial charge in [-0.3, -0.25) is 9.80 Å². The summed E-state index contributed by atoms with van der Waals surface area (Å²) in [5.41, 5.74) is 2.34. The number of carbonyl (C=O) groups is 1. The van der Waals surface area contributed by atoms with Crippen molar-refractivity contribution in [2.45, 2.75) is 30.9 Å². The van der Waals surface area contributed by atoms with Gasteiger partial charge in [-0.25, -0.2) is 0 Å². The number of benzene rings is 2. The van der Waals surface area contributed by atoms with Gasteiger partial charge < -0.3 is 15.1 Å². The van der Waals surface area contributed by atoms with E-state index in [0.717, 1.165) is 24.0 Å². The van der Waals surface area contributed by atoms with E-state index in [1.54, 1.807) is 5.01 Å². The molecule has 5 rings (SSSR count). The number of hydrogen-bond acceptors (Lipinski definition) is 5. The zero-order chi connectivity index (χ0) is 20.7. The van der Waals surface area contributed by atoms with E-state index in [0.29, 0.717) is 19.0 Å². The first-order valence-electron chi connectivity index (χ1n) is 10.5. The Morgan fingerprint density at radius 1 is 1.00 bits per heavy atom. The largest absolute Gasteiger partial charge is 0.507 e. The van der Waals surface area contributed by atoms with Gasteiger partial charge in [0.05, 0.1) is 12.3 Å². The van der Waals surface area contributed by atoms with E-state index in [1.807, 2.05) is 41.3 Å². The third kappa shape index (κ3) is 3.37. The monoisotopic (exact) mass is 403 g/mol. The van der Waals surface area contributed by atoms with Crippen LogP contribution in [0.4, 0.5) is 0 Å². The van der Waals surface area contributed by atoms with E-state index in [2.05, 4.69) is 29.4 Å². The number of aliphatic hydroxyl groups excluding tert-OH is 2. The first-order valence-corrected chi connectivity index (χ1v) is 10.5. The molecule has 2 N–H and O–H groups in total. The average molecular weight is 403 g/mol. The molecule has 30 heavy (non-hydrogen) atoms. The Morgan fingerprint density at radius 3 is 2.17 bits per heavy atom. The molecule has 0 radical (unpaired) electrons. The first-order chi connectivity index (χ1) is 14.6. The van der Waals surface area contributed by atoms with Crippen LogP contribution in [0.5, 0.6) is 0 Å². The number of nitrogens with zero attached hydrogens (tertiary/aromatic N) is 3. The van der Waals surface area contributed by atoms with Gasteiger partial charge in [-0.05, 0) is 29.9 Å². The molecule has 3 aliphatic rings. The van der Waals surface area contributed by atoms with Gasteiger partial charge in [0.15, 0.2) is 11.5 Å². The predicted octanol–water partition coefficient (Wildman–Crippen LogP) is 2.87. The molecule has 2 atom stereocenters. The molecule has 1 saturated heterocycles. The van der Waals surface area contributed by atoms with Gasteiger partial charge in [-0.1, -0.05) is 60.7 Å². The topological polar surface area (TPSA) is 76.4 Å². The third-order valence-corrected chi connectivity index (χ3v) is 6.17. The Labute approximate surface area is 175 Å². The summed E-state index contributed by atoms with van der Waals surface area (Å²) in [4.78, 5) is 15.0. The summed E-state index contributed by atoms with van der Waals surface area (Å²) in [5, 5.41) is 26.8. The van der Waals surface area contributed by atoms with Crippen LogP contribution in [0.2, 0.25) is 0 Å². The molecule has 2 aromatic carbocycles. The second-order valence-electron chi connectivity index (χ2n) is 8.31. The number of aliphatic hydroxyl groups is 2. The first kappa shape index (κ1) is 18.9. The van der Waals surface area contributed by atoms with Crippen molar-refractivity contribution in [2.75, 3.05) is 13.1 Å². The zero-order valence-corrected chi connectivity index (χ0v) is 16.6. The zero-order valence-electron chi connectivity index (χ0n) is 16.6. The van der Waals surface area contributed by atoms with Crippen molar-refractivity contribution in [3.8, 4) is 0 Å². The van der Waals surface area contributed by atoms with Crippen LogP contribution in [0.3, 0.4) is 0 Å². The summed E-state index contributed by atoms with van der Waals surface area (Å²) in [7, 11) is 0. The number of fused-ring (bicyclic) bond motifs is 1. The SMILES string of the molecule is O=C1C2=C(O)C(O)C=NN2[C@@H](C(c2ccccc2)c2ccccc2)CN1CC1CC1. The lowest BCUT2D eigenvalue weighted by atomic mass is 9.83. The lowest BCUT2D eigenvalue weighted by molar-refractivity contribution is -0.134. The number of hydrogen-bond donors (Lipinski definition) is 2. The summed E-state index contributed by atoms with van der Waals surface area (Å²) in [6, 6.07) is 20.2. The second-order valence-corrected chi connectivity index (χ2v) is 8.31. The smallest absolute Gasteiger partial charge is 0.275 e. The van der Waals surface area contributed by atoms with Crippen molar-refractivity contribution < 1.29 is 15.0 Å². The lowest BCUT2D eigenvalue weighted by Crippen LogP contribution is -2.57. The van der Waals surface area contributed by atoms with Crippen molar-refractivity contribution in [1.29, 1.82) is 0 Å². The van der Waals surface area contributed by atoms with Crippen LogP contribution in [0.15, 0.2) is 77.2 Å². The molecule has 0 spiro atoms. The van der Waals surface area contributed by atoms with Crippen LogP contribution in [-0.4, -0.2) is 57.5 Å². The van der Waals surface area contributed by atoms with Crippen LogP contribution in [-0.2, 0) is 4.79 Å². The Kier molecular flexibility index (Phi) is 4.79. The molecule has 2 aromatic rings. The standard InChI is InChI=1S/C24H25N3O3/c28-20-13-25-27-19(15-26(14-16-11-12-16)24(30)22(27)23(20)29)21(17-7-3-1-4-8-17)18-9-5-2-6-10-18/h1-10,13,16,19-21,28-29H,11-12,14-15H2/t19-,20?/m1/s1. The fourth-order valence-electron chi connectivity index (χ4n) is 4.49. The molecule has 6 nitrogen and oxygen atoms in total. The van der Waals surface area contributed by atoms with Crippen molar-refractivity contribution >= 4 is 12.1 Å². The van der Waals surface area contributed by atoms with E-state index in [9.17, 15) is 15.0 Å². The fraction of sp³-hybridized carbons (Fsp3) is 0.333. The quantitative estimate of drug-likeness (QED) is 0.805. The summed E-state index contributed by atoms with van der Waals surface area (Å²) in [6.45, 7) is 1.18. The van der Waals surface area contributed by atoms with Crippen molar-refractivity contribution in [3.63, 3.8) is 0 Å². The molecule has 2 aliphatic heterocycles. The molecular formula is C24H25N3O3. The molecule has 1 saturated carbocycles. The molecule has 1 amide bonds. The van der Waals surface area contributed by atoms with Crippen LogP contribution in [0.25, 0.3) is 0 Å². The molecule has 154 valence electrons. The minimum Gasteiger partial charge on any atom is -0.507 e. The molecule has 2 heterocycles. The van der Waals surface area contributed by atoms with E-state index in [1.165, 1.54) is 6.21 Å². The van der Waals surface area contributed by atoms with Gasteiger partial charge in [0.25, 0.3) is 5.91 Å². The molecule has 1 unspecified atom stereocenters. The van der Waals surface area contributed by atoms with Gasteiger partial charge in [-0.15, -0.1) is 0 Å². The van der Waals surface area contributed by atoms with E-state index < -0.39 is 6.10 Å². The highest BCUT2D eigenvalue weighted by Gasteiger charge is 2.46. The Hall–Kier alpha value is -3.12. The summed E-state index contributed by atoms with van der Waals surface area (Å²) >= 11 is 0. The maximum atomic E-state index is 13.2. The van der Waals surface area contributed by atoms with Crippen molar-refractivity contribution in [1.82, 2.24) is 9.91 Å². The number of amides is 1. The number of hydrazone groups is 1. The highest BCUT2D eigenvalue weighted by Crippen LogP contribution is 2.39. The molecule has 0 bridgehead atoms. The minimum absolute atomic E-state index is 0.0580. The molecular weight excluding hydrogens is 378 g/mol. The van der Waals surface area contributed by atoms with Gasteiger partial charge in [-0.2, -0.15) is 5.10 Å². The Balaban J connectivity index is 1.61. The maximum Gasteiger partial charge on any atom is 0.275 e. The van der Waals surface area contributed by atoms with Gasteiger partial charge in [0, 0.05) is 19.0 Å². The second kappa shape index (κ2) is 7.61. The Bertz CT molecular complexity index is 946. The Morgan fingerprint density at radius 2 is 1.60 bits per heavy atom. The van der Waals surface area contributed by atoms with E-state index >= 15 is 0 Å². The van der Waals surface area contributed by atoms with Gasteiger partial charge in [0.2, 0.25) is 0 Å². The van der Waals surface area contributed by atoms with E-state index in [-0.39, 0.29) is 29.3 Å². The fourth-order valence-corrected chi connectivity index (χ4v) is 4.49. The van der Waals surface area contributed by atoms with Gasteiger partial charge in [0.1, 0.15) is 6.10 Å².